The monoisotopic (exact) mass is 648 g/mol. The van der Waals surface area contributed by atoms with Gasteiger partial charge in [-0.2, -0.15) is 13.2 Å². The second-order valence-electron chi connectivity index (χ2n) is 12.8. The lowest BCUT2D eigenvalue weighted by Gasteiger charge is -2.36. The van der Waals surface area contributed by atoms with Crippen LogP contribution in [0.2, 0.25) is 0 Å². The van der Waals surface area contributed by atoms with Gasteiger partial charge in [-0.3, -0.25) is 14.6 Å². The quantitative estimate of drug-likeness (QED) is 0.493. The average Bonchev–Trinajstić information content (AvgIpc) is 3.26. The zero-order chi connectivity index (χ0) is 32.9. The molecule has 3 heterocycles. The Labute approximate surface area is 261 Å². The highest BCUT2D eigenvalue weighted by Gasteiger charge is 2.47. The van der Waals surface area contributed by atoms with Gasteiger partial charge < -0.3 is 15.3 Å². The van der Waals surface area contributed by atoms with Gasteiger partial charge in [0, 0.05) is 37.3 Å². The molecule has 1 spiro atoms. The maximum Gasteiger partial charge on any atom is 0.416 e. The van der Waals surface area contributed by atoms with Crippen LogP contribution in [-0.2, 0) is 27.4 Å². The molecule has 0 atom stereocenters. The molecule has 9 nitrogen and oxygen atoms in total. The minimum atomic E-state index is -4.49. The van der Waals surface area contributed by atoms with Gasteiger partial charge in [0.25, 0.3) is 11.8 Å². The van der Waals surface area contributed by atoms with Crippen LogP contribution in [0, 0.1) is 20.8 Å². The predicted molar refractivity (Wildman–Crippen MR) is 164 cm³/mol. The van der Waals surface area contributed by atoms with Crippen molar-refractivity contribution in [2.45, 2.75) is 77.1 Å². The molecule has 2 saturated heterocycles. The van der Waals surface area contributed by atoms with Crippen molar-refractivity contribution in [2.75, 3.05) is 31.9 Å². The topological polar surface area (TPSA) is 119 Å². The highest BCUT2D eigenvalue weighted by atomic mass is 32.2. The van der Waals surface area contributed by atoms with Crippen LogP contribution in [0.25, 0.3) is 0 Å². The van der Waals surface area contributed by atoms with E-state index in [1.165, 1.54) is 23.4 Å². The van der Waals surface area contributed by atoms with Gasteiger partial charge in [0.2, 0.25) is 10.0 Å². The SMILES string of the molecule is Cc1cc(C2=NC3(CCN(S(=O)(=O)CCc4c(C)cc(C(=O)N5CCC(C)(O)CC5)cc4C)CC3)C(=O)N2)ccc1C(F)(F)F. The van der Waals surface area contributed by atoms with E-state index in [1.54, 1.807) is 24.0 Å². The number of aliphatic imine (C=N–C) groups is 1. The first kappa shape index (κ1) is 33.1. The Bertz CT molecular complexity index is 1630. The number of piperidine rings is 2. The molecule has 0 saturated carbocycles. The van der Waals surface area contributed by atoms with Crippen LogP contribution in [0.4, 0.5) is 13.2 Å². The minimum absolute atomic E-state index is 0.0164. The number of likely N-dealkylation sites (tertiary alicyclic amines) is 1. The van der Waals surface area contributed by atoms with Crippen molar-refractivity contribution in [3.05, 3.63) is 69.3 Å². The molecule has 244 valence electrons. The van der Waals surface area contributed by atoms with Gasteiger partial charge in [0.15, 0.2) is 0 Å². The number of aryl methyl sites for hydroxylation is 3. The van der Waals surface area contributed by atoms with Gasteiger partial charge in [-0.15, -0.1) is 0 Å². The number of hydrogen-bond donors (Lipinski definition) is 2. The predicted octanol–water partition coefficient (Wildman–Crippen LogP) is 3.90. The van der Waals surface area contributed by atoms with E-state index in [2.05, 4.69) is 10.3 Å². The summed E-state index contributed by atoms with van der Waals surface area (Å²) in [6.07, 6.45) is -2.88. The van der Waals surface area contributed by atoms with Gasteiger partial charge in [-0.05, 0) is 106 Å². The van der Waals surface area contributed by atoms with E-state index in [0.29, 0.717) is 37.1 Å². The van der Waals surface area contributed by atoms with Crippen LogP contribution in [0.15, 0.2) is 35.3 Å². The fraction of sp³-hybridized carbons (Fsp3) is 0.531. The molecule has 5 rings (SSSR count). The second kappa shape index (κ2) is 11.8. The fourth-order valence-corrected chi connectivity index (χ4v) is 7.96. The number of amidine groups is 1. The summed E-state index contributed by atoms with van der Waals surface area (Å²) in [6, 6.07) is 7.17. The Kier molecular flexibility index (Phi) is 8.69. The van der Waals surface area contributed by atoms with Crippen molar-refractivity contribution in [3.8, 4) is 0 Å². The third-order valence-corrected chi connectivity index (χ3v) is 11.3. The summed E-state index contributed by atoms with van der Waals surface area (Å²) in [5.41, 5.74) is 0.760. The van der Waals surface area contributed by atoms with Gasteiger partial charge in [-0.1, -0.05) is 6.07 Å². The molecule has 0 aliphatic carbocycles. The number of carbonyl (C=O) groups is 2. The van der Waals surface area contributed by atoms with Crippen molar-refractivity contribution in [1.82, 2.24) is 14.5 Å². The minimum Gasteiger partial charge on any atom is -0.390 e. The molecule has 2 aromatic rings. The normalized spacial score (nSPS) is 20.3. The van der Waals surface area contributed by atoms with Crippen molar-refractivity contribution in [1.29, 1.82) is 0 Å². The Hall–Kier alpha value is -3.29. The zero-order valence-electron chi connectivity index (χ0n) is 25.9. The number of nitrogens with one attached hydrogen (secondary N) is 1. The number of aliphatic hydroxyl groups is 1. The first-order chi connectivity index (χ1) is 20.9. The van der Waals surface area contributed by atoms with Gasteiger partial charge in [-0.25, -0.2) is 12.7 Å². The largest absolute Gasteiger partial charge is 0.416 e. The lowest BCUT2D eigenvalue weighted by molar-refractivity contribution is -0.138. The molecule has 3 aliphatic rings. The fourth-order valence-electron chi connectivity index (χ4n) is 6.50. The zero-order valence-corrected chi connectivity index (χ0v) is 26.7. The van der Waals surface area contributed by atoms with Crippen LogP contribution in [0.1, 0.15) is 76.3 Å². The van der Waals surface area contributed by atoms with E-state index >= 15 is 0 Å². The van der Waals surface area contributed by atoms with Crippen molar-refractivity contribution in [3.63, 3.8) is 0 Å². The van der Waals surface area contributed by atoms with Gasteiger partial charge in [0.05, 0.1) is 16.9 Å². The average molecular weight is 649 g/mol. The molecule has 3 aliphatic heterocycles. The van der Waals surface area contributed by atoms with Crippen LogP contribution in [0.3, 0.4) is 0 Å². The Balaban J connectivity index is 1.22. The number of alkyl halides is 3. The maximum absolute atomic E-state index is 13.4. The number of sulfonamides is 1. The van der Waals surface area contributed by atoms with Crippen molar-refractivity contribution >= 4 is 27.7 Å². The molecule has 0 aromatic heterocycles. The highest BCUT2D eigenvalue weighted by Crippen LogP contribution is 2.35. The molecule has 2 N–H and O–H groups in total. The van der Waals surface area contributed by atoms with Crippen LogP contribution >= 0.6 is 0 Å². The third kappa shape index (κ3) is 6.80. The Morgan fingerprint density at radius 1 is 0.978 bits per heavy atom. The second-order valence-corrected chi connectivity index (χ2v) is 14.9. The van der Waals surface area contributed by atoms with E-state index in [0.717, 1.165) is 22.8 Å². The van der Waals surface area contributed by atoms with Crippen LogP contribution in [0.5, 0.6) is 0 Å². The lowest BCUT2D eigenvalue weighted by Crippen LogP contribution is -2.50. The third-order valence-electron chi connectivity index (χ3n) is 9.41. The summed E-state index contributed by atoms with van der Waals surface area (Å²) in [7, 11) is -3.68. The molecule has 0 unspecified atom stereocenters. The van der Waals surface area contributed by atoms with Gasteiger partial charge >= 0.3 is 6.18 Å². The summed E-state index contributed by atoms with van der Waals surface area (Å²) in [4.78, 5) is 32.4. The molecule has 13 heteroatoms. The number of halogens is 3. The summed E-state index contributed by atoms with van der Waals surface area (Å²) in [5.74, 6) is -0.439. The smallest absolute Gasteiger partial charge is 0.390 e. The van der Waals surface area contributed by atoms with Crippen molar-refractivity contribution in [2.24, 2.45) is 4.99 Å². The Morgan fingerprint density at radius 2 is 1.58 bits per heavy atom. The van der Waals surface area contributed by atoms with Crippen LogP contribution in [-0.4, -0.2) is 83.5 Å². The van der Waals surface area contributed by atoms with E-state index in [9.17, 15) is 36.3 Å². The number of amides is 2. The van der Waals surface area contributed by atoms with E-state index < -0.39 is 32.9 Å². The number of rotatable bonds is 6. The molecule has 2 amide bonds. The standard InChI is InChI=1S/C32H39F3N4O5S/c1-20-17-24(28(40)38-12-8-30(4,42)9-13-38)18-21(2)25(20)7-16-45(43,44)39-14-10-31(11-15-39)29(41)36-27(37-31)23-5-6-26(22(3)19-23)32(33,34)35/h5-6,17-19,42H,7-16H2,1-4H3,(H,36,37,41). The van der Waals surface area contributed by atoms with Crippen molar-refractivity contribution < 1.29 is 36.3 Å². The Morgan fingerprint density at radius 3 is 2.13 bits per heavy atom. The number of benzene rings is 2. The molecular weight excluding hydrogens is 609 g/mol. The molecule has 0 bridgehead atoms. The molecule has 2 aromatic carbocycles. The van der Waals surface area contributed by atoms with E-state index in [1.807, 2.05) is 13.8 Å². The molecule has 0 radical (unpaired) electrons. The highest BCUT2D eigenvalue weighted by molar-refractivity contribution is 7.89. The molecule has 45 heavy (non-hydrogen) atoms. The maximum atomic E-state index is 13.4. The van der Waals surface area contributed by atoms with E-state index in [4.69, 9.17) is 0 Å². The first-order valence-corrected chi connectivity index (χ1v) is 16.7. The number of nitrogens with zero attached hydrogens (tertiary/aromatic N) is 3. The number of carbonyl (C=O) groups excluding carboxylic acids is 2. The number of hydrogen-bond acceptors (Lipinski definition) is 6. The first-order valence-electron chi connectivity index (χ1n) is 15.1. The van der Waals surface area contributed by atoms with Gasteiger partial charge in [0.1, 0.15) is 11.4 Å². The van der Waals surface area contributed by atoms with Crippen LogP contribution < -0.4 is 5.32 Å². The van der Waals surface area contributed by atoms with E-state index in [-0.39, 0.29) is 61.3 Å². The summed E-state index contributed by atoms with van der Waals surface area (Å²) in [5, 5.41) is 12.9. The summed E-state index contributed by atoms with van der Waals surface area (Å²) < 4.78 is 67.6. The summed E-state index contributed by atoms with van der Waals surface area (Å²) >= 11 is 0. The summed E-state index contributed by atoms with van der Waals surface area (Å²) in [6.45, 7) is 7.99. The molecule has 2 fully saturated rings. The molecular formula is C32H39F3N4O5S. The lowest BCUT2D eigenvalue weighted by atomic mass is 9.89.